The van der Waals surface area contributed by atoms with Crippen molar-refractivity contribution in [1.29, 1.82) is 0 Å². The summed E-state index contributed by atoms with van der Waals surface area (Å²) in [6.07, 6.45) is 3.50. The molecule has 0 saturated carbocycles. The predicted molar refractivity (Wildman–Crippen MR) is 118 cm³/mol. The third-order valence-corrected chi connectivity index (χ3v) is 3.58. The van der Waals surface area contributed by atoms with Gasteiger partial charge in [-0.15, -0.1) is 24.0 Å². The quantitative estimate of drug-likeness (QED) is 0.353. The molecule has 0 unspecified atom stereocenters. The summed E-state index contributed by atoms with van der Waals surface area (Å²) < 4.78 is 11.4. The summed E-state index contributed by atoms with van der Waals surface area (Å²) in [6, 6.07) is 3.85. The smallest absolute Gasteiger partial charge is 0.218 e. The van der Waals surface area contributed by atoms with Crippen molar-refractivity contribution in [1.82, 2.24) is 20.6 Å². The number of hydrogen-bond donors (Lipinski definition) is 2. The molecule has 27 heavy (non-hydrogen) atoms. The number of guanidine groups is 1. The minimum Gasteiger partial charge on any atom is -0.478 e. The van der Waals surface area contributed by atoms with Crippen LogP contribution in [0, 0.1) is 0 Å². The van der Waals surface area contributed by atoms with Crippen LogP contribution in [0.4, 0.5) is 0 Å². The molecule has 0 aliphatic heterocycles. The van der Waals surface area contributed by atoms with E-state index in [1.807, 2.05) is 26.0 Å². The Kier molecular flexibility index (Phi) is 9.54. The van der Waals surface area contributed by atoms with Crippen molar-refractivity contribution >= 4 is 29.9 Å². The van der Waals surface area contributed by atoms with Crippen LogP contribution >= 0.6 is 24.0 Å². The van der Waals surface area contributed by atoms with E-state index in [2.05, 4.69) is 46.4 Å². The number of nitrogens with zero attached hydrogens (tertiary/aromatic N) is 3. The lowest BCUT2D eigenvalue weighted by Crippen LogP contribution is -2.36. The van der Waals surface area contributed by atoms with Gasteiger partial charge in [0, 0.05) is 23.7 Å². The minimum absolute atomic E-state index is 0. The zero-order valence-electron chi connectivity index (χ0n) is 16.7. The van der Waals surface area contributed by atoms with Crippen molar-refractivity contribution in [2.45, 2.75) is 53.1 Å². The van der Waals surface area contributed by atoms with Crippen molar-refractivity contribution in [3.63, 3.8) is 0 Å². The van der Waals surface area contributed by atoms with Gasteiger partial charge in [-0.3, -0.25) is 0 Å². The Bertz CT molecular complexity index is 725. The third kappa shape index (κ3) is 7.36. The van der Waals surface area contributed by atoms with E-state index >= 15 is 0 Å². The van der Waals surface area contributed by atoms with Crippen molar-refractivity contribution in [3.8, 4) is 5.88 Å². The number of oxazole rings is 1. The SMILES string of the molecule is CCNC(=NCc1cccnc1OCC)NCc1ncc(C(C)(C)C)o1.I. The maximum absolute atomic E-state index is 5.80. The van der Waals surface area contributed by atoms with Crippen LogP contribution in [-0.4, -0.2) is 29.1 Å². The topological polar surface area (TPSA) is 84.6 Å². The van der Waals surface area contributed by atoms with Crippen LogP contribution in [0.5, 0.6) is 5.88 Å². The molecule has 0 aliphatic rings. The number of aromatic nitrogens is 2. The van der Waals surface area contributed by atoms with Crippen LogP contribution in [-0.2, 0) is 18.5 Å². The Morgan fingerprint density at radius 2 is 2.00 bits per heavy atom. The van der Waals surface area contributed by atoms with E-state index in [1.165, 1.54) is 0 Å². The van der Waals surface area contributed by atoms with Gasteiger partial charge in [0.2, 0.25) is 11.8 Å². The van der Waals surface area contributed by atoms with E-state index in [0.29, 0.717) is 37.4 Å². The number of aliphatic imine (C=N–C) groups is 1. The van der Waals surface area contributed by atoms with Crippen molar-refractivity contribution in [2.24, 2.45) is 4.99 Å². The fraction of sp³-hybridized carbons (Fsp3) is 0.526. The number of halogens is 1. The maximum atomic E-state index is 5.80. The monoisotopic (exact) mass is 487 g/mol. The average molecular weight is 487 g/mol. The van der Waals surface area contributed by atoms with Crippen LogP contribution in [0.2, 0.25) is 0 Å². The highest BCUT2D eigenvalue weighted by atomic mass is 127. The predicted octanol–water partition coefficient (Wildman–Crippen LogP) is 3.64. The Labute approximate surface area is 178 Å². The van der Waals surface area contributed by atoms with E-state index in [1.54, 1.807) is 12.4 Å². The number of pyridine rings is 1. The number of rotatable bonds is 7. The van der Waals surface area contributed by atoms with E-state index in [9.17, 15) is 0 Å². The van der Waals surface area contributed by atoms with E-state index in [0.717, 1.165) is 17.9 Å². The normalized spacial score (nSPS) is 11.7. The molecule has 2 N–H and O–H groups in total. The summed E-state index contributed by atoms with van der Waals surface area (Å²) >= 11 is 0. The Balaban J connectivity index is 0.00000364. The van der Waals surface area contributed by atoms with E-state index in [4.69, 9.17) is 9.15 Å². The highest BCUT2D eigenvalue weighted by Crippen LogP contribution is 2.22. The van der Waals surface area contributed by atoms with Crippen LogP contribution in [0.25, 0.3) is 0 Å². The largest absolute Gasteiger partial charge is 0.478 e. The summed E-state index contributed by atoms with van der Waals surface area (Å²) in [5, 5.41) is 6.46. The van der Waals surface area contributed by atoms with Crippen molar-refractivity contribution < 1.29 is 9.15 Å². The first-order chi connectivity index (χ1) is 12.4. The zero-order chi connectivity index (χ0) is 19.0. The maximum Gasteiger partial charge on any atom is 0.218 e. The molecule has 2 aromatic heterocycles. The van der Waals surface area contributed by atoms with Crippen LogP contribution in [0.1, 0.15) is 51.8 Å². The Morgan fingerprint density at radius 1 is 1.22 bits per heavy atom. The van der Waals surface area contributed by atoms with Crippen LogP contribution in [0.15, 0.2) is 33.9 Å². The molecule has 0 radical (unpaired) electrons. The molecule has 0 aliphatic carbocycles. The summed E-state index contributed by atoms with van der Waals surface area (Å²) in [7, 11) is 0. The Hall–Kier alpha value is -1.84. The summed E-state index contributed by atoms with van der Waals surface area (Å²) in [4.78, 5) is 13.2. The van der Waals surface area contributed by atoms with Gasteiger partial charge in [-0.1, -0.05) is 26.8 Å². The van der Waals surface area contributed by atoms with Gasteiger partial charge < -0.3 is 19.8 Å². The van der Waals surface area contributed by atoms with Gasteiger partial charge in [0.1, 0.15) is 5.76 Å². The fourth-order valence-electron chi connectivity index (χ4n) is 2.22. The lowest BCUT2D eigenvalue weighted by molar-refractivity contribution is 0.323. The summed E-state index contributed by atoms with van der Waals surface area (Å²) in [6.45, 7) is 12.5. The fourth-order valence-corrected chi connectivity index (χ4v) is 2.22. The van der Waals surface area contributed by atoms with Gasteiger partial charge in [0.15, 0.2) is 5.96 Å². The first kappa shape index (κ1) is 23.2. The molecule has 0 aromatic carbocycles. The molecule has 0 bridgehead atoms. The van der Waals surface area contributed by atoms with Gasteiger partial charge in [-0.25, -0.2) is 15.0 Å². The lowest BCUT2D eigenvalue weighted by Gasteiger charge is -2.13. The molecule has 0 atom stereocenters. The zero-order valence-corrected chi connectivity index (χ0v) is 19.0. The van der Waals surface area contributed by atoms with Crippen molar-refractivity contribution in [2.75, 3.05) is 13.2 Å². The molecule has 2 rings (SSSR count). The molecule has 2 aromatic rings. The van der Waals surface area contributed by atoms with Crippen LogP contribution < -0.4 is 15.4 Å². The first-order valence-corrected chi connectivity index (χ1v) is 8.98. The van der Waals surface area contributed by atoms with Gasteiger partial charge in [0.25, 0.3) is 0 Å². The van der Waals surface area contributed by atoms with Crippen LogP contribution in [0.3, 0.4) is 0 Å². The second-order valence-corrected chi connectivity index (χ2v) is 6.82. The molecule has 2 heterocycles. The van der Waals surface area contributed by atoms with Gasteiger partial charge in [-0.2, -0.15) is 0 Å². The number of nitrogens with one attached hydrogen (secondary N) is 2. The van der Waals surface area contributed by atoms with Gasteiger partial charge >= 0.3 is 0 Å². The molecule has 0 fully saturated rings. The molecule has 0 spiro atoms. The van der Waals surface area contributed by atoms with Crippen molar-refractivity contribution in [3.05, 3.63) is 41.7 Å². The number of hydrogen-bond acceptors (Lipinski definition) is 5. The highest BCUT2D eigenvalue weighted by molar-refractivity contribution is 14.0. The van der Waals surface area contributed by atoms with E-state index in [-0.39, 0.29) is 29.4 Å². The molecule has 0 amide bonds. The highest BCUT2D eigenvalue weighted by Gasteiger charge is 2.19. The van der Waals surface area contributed by atoms with E-state index < -0.39 is 0 Å². The number of ether oxygens (including phenoxy) is 1. The second kappa shape index (κ2) is 11.1. The first-order valence-electron chi connectivity index (χ1n) is 8.98. The average Bonchev–Trinajstić information content (AvgIpc) is 3.08. The minimum atomic E-state index is -0.0557. The molecule has 0 saturated heterocycles. The third-order valence-electron chi connectivity index (χ3n) is 3.58. The second-order valence-electron chi connectivity index (χ2n) is 6.82. The Morgan fingerprint density at radius 3 is 2.63 bits per heavy atom. The molecule has 8 heteroatoms. The molecule has 7 nitrogen and oxygen atoms in total. The molecule has 150 valence electrons. The summed E-state index contributed by atoms with van der Waals surface area (Å²) in [5.41, 5.74) is 0.887. The standard InChI is InChI=1S/C19H29N5O2.HI/c1-6-20-18(23-11-14-9-8-10-21-17(14)25-7-2)24-13-16-22-12-15(26-16)19(3,4)5;/h8-10,12H,6-7,11,13H2,1-5H3,(H2,20,23,24);1H. The molecular formula is C19H30IN5O2. The van der Waals surface area contributed by atoms with Gasteiger partial charge in [-0.05, 0) is 19.9 Å². The summed E-state index contributed by atoms with van der Waals surface area (Å²) in [5.74, 6) is 2.82. The lowest BCUT2D eigenvalue weighted by atomic mass is 9.94. The van der Waals surface area contributed by atoms with Gasteiger partial charge in [0.05, 0.1) is 25.9 Å². The molecular weight excluding hydrogens is 457 g/mol.